The zero-order chi connectivity index (χ0) is 12.3. The smallest absolute Gasteiger partial charge is 0.119 e. The molecule has 0 amide bonds. The van der Waals surface area contributed by atoms with Crippen LogP contribution in [0.1, 0.15) is 5.69 Å². The van der Waals surface area contributed by atoms with E-state index in [0.29, 0.717) is 18.2 Å². The van der Waals surface area contributed by atoms with Gasteiger partial charge in [-0.15, -0.1) is 0 Å². The van der Waals surface area contributed by atoms with Gasteiger partial charge in [-0.05, 0) is 31.2 Å². The molecule has 1 aromatic carbocycles. The summed E-state index contributed by atoms with van der Waals surface area (Å²) < 4.78 is 8.48. The van der Waals surface area contributed by atoms with Gasteiger partial charge in [0.15, 0.2) is 0 Å². The van der Waals surface area contributed by atoms with E-state index >= 15 is 0 Å². The Bertz CT molecular complexity index is 496. The summed E-state index contributed by atoms with van der Waals surface area (Å²) in [5, 5.41) is 4.85. The first kappa shape index (κ1) is 12.5. The largest absolute Gasteiger partial charge is 0.492 e. The van der Waals surface area contributed by atoms with E-state index in [-0.39, 0.29) is 0 Å². The first-order valence-corrected chi connectivity index (χ1v) is 6.40. The highest BCUT2D eigenvalue weighted by molar-refractivity contribution is 9.10. The second-order valence-electron chi connectivity index (χ2n) is 3.60. The summed E-state index contributed by atoms with van der Waals surface area (Å²) >= 11 is 9.29. The highest BCUT2D eigenvalue weighted by atomic mass is 79.9. The number of hydrogen-bond donors (Lipinski definition) is 0. The van der Waals surface area contributed by atoms with Gasteiger partial charge in [-0.1, -0.05) is 27.5 Å². The topological polar surface area (TPSA) is 27.1 Å². The molecule has 0 fully saturated rings. The van der Waals surface area contributed by atoms with Crippen LogP contribution >= 0.6 is 27.5 Å². The molecule has 3 nitrogen and oxygen atoms in total. The molecule has 17 heavy (non-hydrogen) atoms. The third-order valence-corrected chi connectivity index (χ3v) is 3.33. The molecule has 5 heteroatoms. The second kappa shape index (κ2) is 5.56. The minimum absolute atomic E-state index is 0.570. The van der Waals surface area contributed by atoms with Crippen molar-refractivity contribution in [2.24, 2.45) is 0 Å². The van der Waals surface area contributed by atoms with Crippen molar-refractivity contribution < 1.29 is 4.74 Å². The van der Waals surface area contributed by atoms with E-state index in [1.54, 1.807) is 6.20 Å². The van der Waals surface area contributed by atoms with Crippen LogP contribution in [0.5, 0.6) is 5.75 Å². The van der Waals surface area contributed by atoms with Crippen molar-refractivity contribution in [3.63, 3.8) is 0 Å². The Hall–Kier alpha value is -1.000. The van der Waals surface area contributed by atoms with Crippen LogP contribution in [-0.2, 0) is 6.54 Å². The van der Waals surface area contributed by atoms with E-state index in [1.807, 2.05) is 35.9 Å². The summed E-state index contributed by atoms with van der Waals surface area (Å²) in [5.74, 6) is 0.851. The summed E-state index contributed by atoms with van der Waals surface area (Å²) in [7, 11) is 0. The Morgan fingerprint density at radius 3 is 2.65 bits per heavy atom. The fourth-order valence-corrected chi connectivity index (χ4v) is 1.84. The number of nitrogens with zero attached hydrogens (tertiary/aromatic N) is 2. The standard InChI is InChI=1S/C12H12BrClN2O/c1-9-12(14)8-15-16(9)6-7-17-11-4-2-10(13)3-5-11/h2-5,8H,6-7H2,1H3. The molecule has 0 aliphatic carbocycles. The average Bonchev–Trinajstić information content (AvgIpc) is 2.64. The molecule has 0 atom stereocenters. The van der Waals surface area contributed by atoms with Crippen molar-refractivity contribution in [2.75, 3.05) is 6.61 Å². The van der Waals surface area contributed by atoms with E-state index in [9.17, 15) is 0 Å². The normalized spacial score (nSPS) is 10.5. The molecule has 1 heterocycles. The molecule has 0 saturated heterocycles. The Morgan fingerprint density at radius 1 is 1.35 bits per heavy atom. The van der Waals surface area contributed by atoms with Crippen LogP contribution in [0.3, 0.4) is 0 Å². The molecule has 0 bridgehead atoms. The number of halogens is 2. The van der Waals surface area contributed by atoms with Crippen molar-refractivity contribution >= 4 is 27.5 Å². The highest BCUT2D eigenvalue weighted by Gasteiger charge is 2.03. The van der Waals surface area contributed by atoms with Gasteiger partial charge in [-0.3, -0.25) is 4.68 Å². The van der Waals surface area contributed by atoms with Gasteiger partial charge in [-0.25, -0.2) is 0 Å². The molecule has 0 saturated carbocycles. The maximum absolute atomic E-state index is 5.91. The van der Waals surface area contributed by atoms with Gasteiger partial charge in [0.25, 0.3) is 0 Å². The third kappa shape index (κ3) is 3.23. The first-order chi connectivity index (χ1) is 8.16. The SMILES string of the molecule is Cc1c(Cl)cnn1CCOc1ccc(Br)cc1. The summed E-state index contributed by atoms with van der Waals surface area (Å²) in [4.78, 5) is 0. The Labute approximate surface area is 113 Å². The predicted octanol–water partition coefficient (Wildman–Crippen LogP) is 3.69. The Kier molecular flexibility index (Phi) is 4.07. The lowest BCUT2D eigenvalue weighted by molar-refractivity contribution is 0.290. The minimum Gasteiger partial charge on any atom is -0.492 e. The molecule has 0 aliphatic heterocycles. The summed E-state index contributed by atoms with van der Waals surface area (Å²) in [6.45, 7) is 3.20. The van der Waals surface area contributed by atoms with Gasteiger partial charge in [0.05, 0.1) is 23.5 Å². The van der Waals surface area contributed by atoms with E-state index in [4.69, 9.17) is 16.3 Å². The molecule has 1 aromatic heterocycles. The molecule has 0 N–H and O–H groups in total. The molecular formula is C12H12BrClN2O. The van der Waals surface area contributed by atoms with Crippen molar-refractivity contribution in [1.82, 2.24) is 9.78 Å². The highest BCUT2D eigenvalue weighted by Crippen LogP contribution is 2.16. The zero-order valence-electron chi connectivity index (χ0n) is 9.36. The van der Waals surface area contributed by atoms with Crippen molar-refractivity contribution in [1.29, 1.82) is 0 Å². The number of benzene rings is 1. The van der Waals surface area contributed by atoms with Crippen LogP contribution in [0.4, 0.5) is 0 Å². The number of ether oxygens (including phenoxy) is 1. The van der Waals surface area contributed by atoms with Crippen LogP contribution in [-0.4, -0.2) is 16.4 Å². The van der Waals surface area contributed by atoms with Crippen molar-refractivity contribution in [3.8, 4) is 5.75 Å². The maximum Gasteiger partial charge on any atom is 0.119 e. The molecular weight excluding hydrogens is 304 g/mol. The van der Waals surface area contributed by atoms with Gasteiger partial charge in [0.1, 0.15) is 12.4 Å². The monoisotopic (exact) mass is 314 g/mol. The summed E-state index contributed by atoms with van der Waals surface area (Å²) in [5.41, 5.74) is 0.964. The first-order valence-electron chi connectivity index (χ1n) is 5.23. The quantitative estimate of drug-likeness (QED) is 0.860. The fourth-order valence-electron chi connectivity index (χ4n) is 1.43. The van der Waals surface area contributed by atoms with Gasteiger partial charge in [0.2, 0.25) is 0 Å². The lowest BCUT2D eigenvalue weighted by Gasteiger charge is -2.07. The molecule has 0 unspecified atom stereocenters. The zero-order valence-corrected chi connectivity index (χ0v) is 11.7. The van der Waals surface area contributed by atoms with Crippen LogP contribution in [0.2, 0.25) is 5.02 Å². The fraction of sp³-hybridized carbons (Fsp3) is 0.250. The molecule has 2 rings (SSSR count). The molecule has 0 aliphatic rings. The van der Waals surface area contributed by atoms with Crippen molar-refractivity contribution in [2.45, 2.75) is 13.5 Å². The van der Waals surface area contributed by atoms with Gasteiger partial charge >= 0.3 is 0 Å². The average molecular weight is 316 g/mol. The lowest BCUT2D eigenvalue weighted by Crippen LogP contribution is -2.10. The molecule has 90 valence electrons. The second-order valence-corrected chi connectivity index (χ2v) is 4.93. The van der Waals surface area contributed by atoms with Gasteiger partial charge < -0.3 is 4.74 Å². The van der Waals surface area contributed by atoms with E-state index in [2.05, 4.69) is 21.0 Å². The van der Waals surface area contributed by atoms with E-state index in [1.165, 1.54) is 0 Å². The van der Waals surface area contributed by atoms with Crippen LogP contribution < -0.4 is 4.74 Å². The van der Waals surface area contributed by atoms with Crippen LogP contribution in [0, 0.1) is 6.92 Å². The molecule has 0 spiro atoms. The number of rotatable bonds is 4. The van der Waals surface area contributed by atoms with Crippen LogP contribution in [0.15, 0.2) is 34.9 Å². The summed E-state index contributed by atoms with van der Waals surface area (Å²) in [6.07, 6.45) is 1.65. The summed E-state index contributed by atoms with van der Waals surface area (Å²) in [6, 6.07) is 7.75. The number of hydrogen-bond acceptors (Lipinski definition) is 2. The number of aromatic nitrogens is 2. The third-order valence-electron chi connectivity index (χ3n) is 2.43. The van der Waals surface area contributed by atoms with Gasteiger partial charge in [0, 0.05) is 4.47 Å². The van der Waals surface area contributed by atoms with E-state index in [0.717, 1.165) is 15.9 Å². The lowest BCUT2D eigenvalue weighted by atomic mass is 10.3. The molecule has 2 aromatic rings. The van der Waals surface area contributed by atoms with Crippen molar-refractivity contribution in [3.05, 3.63) is 45.7 Å². The molecule has 0 radical (unpaired) electrons. The maximum atomic E-state index is 5.91. The predicted molar refractivity (Wildman–Crippen MR) is 71.6 cm³/mol. The van der Waals surface area contributed by atoms with E-state index < -0.39 is 0 Å². The Balaban J connectivity index is 1.87. The van der Waals surface area contributed by atoms with Gasteiger partial charge in [-0.2, -0.15) is 5.10 Å². The Morgan fingerprint density at radius 2 is 2.06 bits per heavy atom. The van der Waals surface area contributed by atoms with Crippen LogP contribution in [0.25, 0.3) is 0 Å². The minimum atomic E-state index is 0.570.